The average molecular weight is 190 g/mol. The number of sulfone groups is 1. The molecule has 0 aromatic rings. The highest BCUT2D eigenvalue weighted by Gasteiger charge is 2.27. The number of hydrogen-bond acceptors (Lipinski definition) is 2. The van der Waals surface area contributed by atoms with Crippen molar-refractivity contribution in [2.75, 3.05) is 6.26 Å². The molecular formula is C9H18O2S. The molecule has 0 radical (unpaired) electrons. The molecule has 0 N–H and O–H groups in total. The highest BCUT2D eigenvalue weighted by atomic mass is 32.2. The Kier molecular flexibility index (Phi) is 3.16. The largest absolute Gasteiger partial charge is 0.229 e. The number of rotatable bonds is 2. The molecular weight excluding hydrogens is 172 g/mol. The predicted octanol–water partition coefficient (Wildman–Crippen LogP) is 2.00. The first-order valence-corrected chi connectivity index (χ1v) is 6.68. The topological polar surface area (TPSA) is 34.1 Å². The first-order valence-electron chi connectivity index (χ1n) is 4.73. The molecule has 0 saturated heterocycles. The Hall–Kier alpha value is -0.0500. The van der Waals surface area contributed by atoms with Gasteiger partial charge in [-0.05, 0) is 18.8 Å². The molecule has 1 saturated carbocycles. The molecule has 0 aromatic heterocycles. The fourth-order valence-corrected chi connectivity index (χ4v) is 3.22. The summed E-state index contributed by atoms with van der Waals surface area (Å²) < 4.78 is 22.5. The van der Waals surface area contributed by atoms with Crippen LogP contribution in [-0.4, -0.2) is 19.9 Å². The minimum atomic E-state index is -2.77. The van der Waals surface area contributed by atoms with Gasteiger partial charge in [-0.15, -0.1) is 0 Å². The summed E-state index contributed by atoms with van der Waals surface area (Å²) in [4.78, 5) is 0. The van der Waals surface area contributed by atoms with E-state index in [1.54, 1.807) is 0 Å². The van der Waals surface area contributed by atoms with E-state index in [0.29, 0.717) is 5.92 Å². The summed E-state index contributed by atoms with van der Waals surface area (Å²) in [5.74, 6) is 0.651. The molecule has 1 fully saturated rings. The highest BCUT2D eigenvalue weighted by molar-refractivity contribution is 7.91. The van der Waals surface area contributed by atoms with Crippen molar-refractivity contribution in [1.82, 2.24) is 0 Å². The van der Waals surface area contributed by atoms with Crippen LogP contribution in [0.2, 0.25) is 0 Å². The number of hydrogen-bond donors (Lipinski definition) is 0. The van der Waals surface area contributed by atoms with E-state index >= 15 is 0 Å². The summed E-state index contributed by atoms with van der Waals surface area (Å²) in [6.45, 7) is 2.15. The first kappa shape index (κ1) is 10.0. The fraction of sp³-hybridized carbons (Fsp3) is 1.00. The van der Waals surface area contributed by atoms with Crippen LogP contribution in [0.5, 0.6) is 0 Å². The van der Waals surface area contributed by atoms with Gasteiger partial charge in [-0.25, -0.2) is 8.42 Å². The Balaban J connectivity index is 2.58. The highest BCUT2D eigenvalue weighted by Crippen LogP contribution is 2.29. The molecule has 1 aliphatic carbocycles. The van der Waals surface area contributed by atoms with Crippen LogP contribution in [-0.2, 0) is 9.84 Å². The molecule has 2 atom stereocenters. The maximum Gasteiger partial charge on any atom is 0.150 e. The van der Waals surface area contributed by atoms with Crippen LogP contribution in [0.4, 0.5) is 0 Å². The van der Waals surface area contributed by atoms with E-state index in [1.165, 1.54) is 12.7 Å². The maximum atomic E-state index is 11.2. The Labute approximate surface area is 75.3 Å². The molecule has 0 aromatic carbocycles. The molecule has 1 aliphatic rings. The maximum absolute atomic E-state index is 11.2. The lowest BCUT2D eigenvalue weighted by Crippen LogP contribution is -2.27. The van der Waals surface area contributed by atoms with Crippen LogP contribution in [0.25, 0.3) is 0 Å². The van der Waals surface area contributed by atoms with E-state index < -0.39 is 9.84 Å². The average Bonchev–Trinajstić information content (AvgIpc) is 2.03. The van der Waals surface area contributed by atoms with Crippen LogP contribution >= 0.6 is 0 Å². The Morgan fingerprint density at radius 3 is 2.50 bits per heavy atom. The van der Waals surface area contributed by atoms with Crippen LogP contribution in [0.3, 0.4) is 0 Å². The fourth-order valence-electron chi connectivity index (χ4n) is 2.00. The lowest BCUT2D eigenvalue weighted by molar-refractivity contribution is 0.349. The van der Waals surface area contributed by atoms with Crippen molar-refractivity contribution in [3.63, 3.8) is 0 Å². The van der Waals surface area contributed by atoms with Gasteiger partial charge in [0.15, 0.2) is 0 Å². The molecule has 0 unspecified atom stereocenters. The minimum absolute atomic E-state index is 0.0452. The smallest absolute Gasteiger partial charge is 0.150 e. The SMILES string of the molecule is CC[C@@H]1CCC[C@@H](S(C)(=O)=O)C1. The van der Waals surface area contributed by atoms with E-state index in [1.807, 2.05) is 0 Å². The zero-order valence-electron chi connectivity index (χ0n) is 7.91. The lowest BCUT2D eigenvalue weighted by Gasteiger charge is -2.26. The van der Waals surface area contributed by atoms with Gasteiger partial charge in [-0.2, -0.15) is 0 Å². The van der Waals surface area contributed by atoms with Crippen LogP contribution in [0, 0.1) is 5.92 Å². The summed E-state index contributed by atoms with van der Waals surface area (Å²) in [7, 11) is -2.77. The second-order valence-corrected chi connectivity index (χ2v) is 6.22. The molecule has 0 amide bonds. The van der Waals surface area contributed by atoms with Gasteiger partial charge in [-0.3, -0.25) is 0 Å². The van der Waals surface area contributed by atoms with Gasteiger partial charge in [0.05, 0.1) is 5.25 Å². The Bertz CT molecular complexity index is 231. The van der Waals surface area contributed by atoms with Gasteiger partial charge in [-0.1, -0.05) is 26.2 Å². The minimum Gasteiger partial charge on any atom is -0.229 e. The van der Waals surface area contributed by atoms with E-state index in [0.717, 1.165) is 25.7 Å². The van der Waals surface area contributed by atoms with E-state index in [4.69, 9.17) is 0 Å². The monoisotopic (exact) mass is 190 g/mol. The zero-order valence-corrected chi connectivity index (χ0v) is 8.73. The van der Waals surface area contributed by atoms with Gasteiger partial charge >= 0.3 is 0 Å². The van der Waals surface area contributed by atoms with E-state index in [2.05, 4.69) is 6.92 Å². The molecule has 0 aliphatic heterocycles. The van der Waals surface area contributed by atoms with Crippen molar-refractivity contribution >= 4 is 9.84 Å². The van der Waals surface area contributed by atoms with Crippen molar-refractivity contribution in [2.24, 2.45) is 5.92 Å². The van der Waals surface area contributed by atoms with Crippen molar-refractivity contribution in [3.8, 4) is 0 Å². The molecule has 12 heavy (non-hydrogen) atoms. The van der Waals surface area contributed by atoms with Crippen molar-refractivity contribution in [2.45, 2.75) is 44.3 Å². The standard InChI is InChI=1S/C9H18O2S/c1-3-8-5-4-6-9(7-8)12(2,10)11/h8-9H,3-7H2,1-2H3/t8-,9-/m1/s1. The van der Waals surface area contributed by atoms with Crippen LogP contribution in [0.15, 0.2) is 0 Å². The Morgan fingerprint density at radius 1 is 1.33 bits per heavy atom. The molecule has 0 heterocycles. The van der Waals surface area contributed by atoms with Crippen molar-refractivity contribution in [1.29, 1.82) is 0 Å². The first-order chi connectivity index (χ1) is 5.54. The van der Waals surface area contributed by atoms with Gasteiger partial charge < -0.3 is 0 Å². The Morgan fingerprint density at radius 2 is 2.00 bits per heavy atom. The van der Waals surface area contributed by atoms with Gasteiger partial charge in [0.1, 0.15) is 9.84 Å². The third kappa shape index (κ3) is 2.47. The van der Waals surface area contributed by atoms with E-state index in [9.17, 15) is 8.42 Å². The molecule has 72 valence electrons. The summed E-state index contributed by atoms with van der Waals surface area (Å²) in [5, 5.41) is -0.0452. The third-order valence-electron chi connectivity index (χ3n) is 2.92. The predicted molar refractivity (Wildman–Crippen MR) is 50.9 cm³/mol. The van der Waals surface area contributed by atoms with Gasteiger partial charge in [0.2, 0.25) is 0 Å². The van der Waals surface area contributed by atoms with Crippen LogP contribution in [0.1, 0.15) is 39.0 Å². The summed E-state index contributed by atoms with van der Waals surface area (Å²) in [6, 6.07) is 0. The summed E-state index contributed by atoms with van der Waals surface area (Å²) >= 11 is 0. The van der Waals surface area contributed by atoms with Crippen molar-refractivity contribution < 1.29 is 8.42 Å². The normalized spacial score (nSPS) is 31.8. The zero-order chi connectivity index (χ0) is 9.19. The summed E-state index contributed by atoms with van der Waals surface area (Å²) in [5.41, 5.74) is 0. The van der Waals surface area contributed by atoms with Crippen molar-refractivity contribution in [3.05, 3.63) is 0 Å². The second kappa shape index (κ2) is 3.77. The molecule has 3 heteroatoms. The summed E-state index contributed by atoms with van der Waals surface area (Å²) in [6.07, 6.45) is 6.60. The van der Waals surface area contributed by atoms with Crippen LogP contribution < -0.4 is 0 Å². The molecule has 0 bridgehead atoms. The van der Waals surface area contributed by atoms with Gasteiger partial charge in [0.25, 0.3) is 0 Å². The molecule has 0 spiro atoms. The third-order valence-corrected chi connectivity index (χ3v) is 4.56. The molecule has 2 nitrogen and oxygen atoms in total. The lowest BCUT2D eigenvalue weighted by atomic mass is 9.87. The van der Waals surface area contributed by atoms with E-state index in [-0.39, 0.29) is 5.25 Å². The van der Waals surface area contributed by atoms with Gasteiger partial charge in [0, 0.05) is 6.26 Å². The molecule has 1 rings (SSSR count). The second-order valence-electron chi connectivity index (χ2n) is 3.89. The quantitative estimate of drug-likeness (QED) is 0.667.